The average molecular weight is 212 g/mol. The highest BCUT2D eigenvalue weighted by Gasteiger charge is 2.18. The molecule has 0 bridgehead atoms. The van der Waals surface area contributed by atoms with Crippen molar-refractivity contribution in [2.45, 2.75) is 25.1 Å². The van der Waals surface area contributed by atoms with Gasteiger partial charge >= 0.3 is 0 Å². The van der Waals surface area contributed by atoms with E-state index >= 15 is 0 Å². The standard InChI is InChI=1S/C10H14ClN3/c1-8-4-5-10(13-12-8)14-6-2-3-9(11)7-14/h4-5,9H,2-3,6-7H2,1H3. The predicted octanol–water partition coefficient (Wildman–Crippen LogP) is 1.99. The number of anilines is 1. The number of alkyl halides is 1. The molecule has 0 aromatic carbocycles. The molecule has 1 aromatic heterocycles. The van der Waals surface area contributed by atoms with Gasteiger partial charge in [-0.15, -0.1) is 16.7 Å². The summed E-state index contributed by atoms with van der Waals surface area (Å²) in [6.45, 7) is 3.87. The molecule has 1 atom stereocenters. The lowest BCUT2D eigenvalue weighted by atomic mass is 10.1. The molecule has 0 radical (unpaired) electrons. The first-order valence-electron chi connectivity index (χ1n) is 4.95. The number of rotatable bonds is 1. The lowest BCUT2D eigenvalue weighted by Gasteiger charge is -2.30. The van der Waals surface area contributed by atoms with E-state index in [9.17, 15) is 0 Å². The fraction of sp³-hybridized carbons (Fsp3) is 0.600. The molecule has 1 unspecified atom stereocenters. The molecule has 0 N–H and O–H groups in total. The van der Waals surface area contributed by atoms with Gasteiger partial charge in [0, 0.05) is 13.1 Å². The van der Waals surface area contributed by atoms with E-state index in [4.69, 9.17) is 11.6 Å². The normalized spacial score (nSPS) is 22.4. The quantitative estimate of drug-likeness (QED) is 0.666. The number of nitrogens with zero attached hydrogens (tertiary/aromatic N) is 3. The summed E-state index contributed by atoms with van der Waals surface area (Å²) in [7, 11) is 0. The molecule has 14 heavy (non-hydrogen) atoms. The Bertz CT molecular complexity index is 299. The maximum Gasteiger partial charge on any atom is 0.151 e. The molecule has 0 spiro atoms. The second-order valence-electron chi connectivity index (χ2n) is 3.72. The third-order valence-corrected chi connectivity index (χ3v) is 2.83. The Hall–Kier alpha value is -0.830. The van der Waals surface area contributed by atoms with E-state index in [1.54, 1.807) is 0 Å². The second kappa shape index (κ2) is 4.13. The summed E-state index contributed by atoms with van der Waals surface area (Å²) in [4.78, 5) is 2.20. The monoisotopic (exact) mass is 211 g/mol. The van der Waals surface area contributed by atoms with Crippen LogP contribution in [0.4, 0.5) is 5.82 Å². The number of aryl methyl sites for hydroxylation is 1. The summed E-state index contributed by atoms with van der Waals surface area (Å²) in [5.74, 6) is 0.945. The van der Waals surface area contributed by atoms with Gasteiger partial charge in [-0.3, -0.25) is 0 Å². The summed E-state index contributed by atoms with van der Waals surface area (Å²) in [5.41, 5.74) is 0.952. The minimum absolute atomic E-state index is 0.256. The molecule has 1 aliphatic rings. The zero-order valence-electron chi connectivity index (χ0n) is 8.28. The highest BCUT2D eigenvalue weighted by atomic mass is 35.5. The molecule has 1 aliphatic heterocycles. The van der Waals surface area contributed by atoms with Crippen molar-refractivity contribution in [2.75, 3.05) is 18.0 Å². The first-order chi connectivity index (χ1) is 6.75. The van der Waals surface area contributed by atoms with Crippen molar-refractivity contribution in [3.05, 3.63) is 17.8 Å². The van der Waals surface area contributed by atoms with Crippen LogP contribution in [0.25, 0.3) is 0 Å². The molecule has 1 saturated heterocycles. The number of halogens is 1. The van der Waals surface area contributed by atoms with Crippen LogP contribution in [0.3, 0.4) is 0 Å². The van der Waals surface area contributed by atoms with Gasteiger partial charge in [0.15, 0.2) is 5.82 Å². The third kappa shape index (κ3) is 2.15. The lowest BCUT2D eigenvalue weighted by Crippen LogP contribution is -2.36. The van der Waals surface area contributed by atoms with Crippen molar-refractivity contribution in [3.8, 4) is 0 Å². The van der Waals surface area contributed by atoms with E-state index in [1.165, 1.54) is 0 Å². The maximum absolute atomic E-state index is 6.10. The van der Waals surface area contributed by atoms with Crippen LogP contribution in [-0.4, -0.2) is 28.7 Å². The zero-order valence-corrected chi connectivity index (χ0v) is 9.04. The summed E-state index contributed by atoms with van der Waals surface area (Å²) in [6, 6.07) is 4.00. The van der Waals surface area contributed by atoms with Gasteiger partial charge < -0.3 is 4.90 Å². The number of aromatic nitrogens is 2. The number of hydrogen-bond acceptors (Lipinski definition) is 3. The molecule has 3 nitrogen and oxygen atoms in total. The minimum Gasteiger partial charge on any atom is -0.354 e. The Labute approximate surface area is 89.1 Å². The first kappa shape index (κ1) is 9.71. The highest BCUT2D eigenvalue weighted by molar-refractivity contribution is 6.21. The fourth-order valence-corrected chi connectivity index (χ4v) is 2.01. The van der Waals surface area contributed by atoms with E-state index in [-0.39, 0.29) is 5.38 Å². The zero-order chi connectivity index (χ0) is 9.97. The Morgan fingerprint density at radius 1 is 1.43 bits per heavy atom. The summed E-state index contributed by atoms with van der Waals surface area (Å²) in [6.07, 6.45) is 2.25. The Balaban J connectivity index is 2.10. The number of piperidine rings is 1. The molecule has 76 valence electrons. The van der Waals surface area contributed by atoms with E-state index < -0.39 is 0 Å². The topological polar surface area (TPSA) is 29.0 Å². The van der Waals surface area contributed by atoms with E-state index in [1.807, 2.05) is 19.1 Å². The molecule has 1 fully saturated rings. The average Bonchev–Trinajstić information content (AvgIpc) is 2.19. The fourth-order valence-electron chi connectivity index (χ4n) is 1.69. The van der Waals surface area contributed by atoms with Gasteiger partial charge in [0.2, 0.25) is 0 Å². The third-order valence-electron chi connectivity index (χ3n) is 2.47. The first-order valence-corrected chi connectivity index (χ1v) is 5.39. The summed E-state index contributed by atoms with van der Waals surface area (Å²) < 4.78 is 0. The van der Waals surface area contributed by atoms with Crippen molar-refractivity contribution >= 4 is 17.4 Å². The van der Waals surface area contributed by atoms with Gasteiger partial charge in [-0.1, -0.05) is 0 Å². The van der Waals surface area contributed by atoms with E-state index in [0.717, 1.165) is 37.4 Å². The van der Waals surface area contributed by atoms with Crippen molar-refractivity contribution in [1.29, 1.82) is 0 Å². The number of hydrogen-bond donors (Lipinski definition) is 0. The minimum atomic E-state index is 0.256. The Morgan fingerprint density at radius 3 is 2.93 bits per heavy atom. The molecule has 0 aliphatic carbocycles. The van der Waals surface area contributed by atoms with Crippen LogP contribution in [-0.2, 0) is 0 Å². The molecular formula is C10H14ClN3. The van der Waals surface area contributed by atoms with Crippen molar-refractivity contribution in [1.82, 2.24) is 10.2 Å². The van der Waals surface area contributed by atoms with Crippen LogP contribution in [0.5, 0.6) is 0 Å². The largest absolute Gasteiger partial charge is 0.354 e. The smallest absolute Gasteiger partial charge is 0.151 e. The van der Waals surface area contributed by atoms with Crippen molar-refractivity contribution in [3.63, 3.8) is 0 Å². The molecule has 2 heterocycles. The van der Waals surface area contributed by atoms with Gasteiger partial charge in [0.05, 0.1) is 11.1 Å². The SMILES string of the molecule is Cc1ccc(N2CCCC(Cl)C2)nn1. The Kier molecular flexibility index (Phi) is 2.87. The molecule has 2 rings (SSSR count). The van der Waals surface area contributed by atoms with Crippen LogP contribution in [0.2, 0.25) is 0 Å². The Morgan fingerprint density at radius 2 is 2.29 bits per heavy atom. The molecule has 0 saturated carbocycles. The highest BCUT2D eigenvalue weighted by Crippen LogP contribution is 2.19. The van der Waals surface area contributed by atoms with Crippen LogP contribution in [0, 0.1) is 6.92 Å². The van der Waals surface area contributed by atoms with Gasteiger partial charge in [-0.05, 0) is 31.9 Å². The van der Waals surface area contributed by atoms with E-state index in [2.05, 4.69) is 15.1 Å². The van der Waals surface area contributed by atoms with Gasteiger partial charge in [0.25, 0.3) is 0 Å². The van der Waals surface area contributed by atoms with Gasteiger partial charge in [-0.25, -0.2) is 0 Å². The van der Waals surface area contributed by atoms with Gasteiger partial charge in [0.1, 0.15) is 0 Å². The van der Waals surface area contributed by atoms with Crippen LogP contribution < -0.4 is 4.90 Å². The molecular weight excluding hydrogens is 198 g/mol. The molecule has 0 amide bonds. The van der Waals surface area contributed by atoms with Crippen molar-refractivity contribution in [2.24, 2.45) is 0 Å². The summed E-state index contributed by atoms with van der Waals surface area (Å²) in [5, 5.41) is 8.45. The lowest BCUT2D eigenvalue weighted by molar-refractivity contribution is 0.577. The molecule has 4 heteroatoms. The van der Waals surface area contributed by atoms with Crippen molar-refractivity contribution < 1.29 is 0 Å². The van der Waals surface area contributed by atoms with Crippen LogP contribution in [0.1, 0.15) is 18.5 Å². The van der Waals surface area contributed by atoms with Crippen LogP contribution >= 0.6 is 11.6 Å². The van der Waals surface area contributed by atoms with Gasteiger partial charge in [-0.2, -0.15) is 5.10 Å². The van der Waals surface area contributed by atoms with E-state index in [0.29, 0.717) is 0 Å². The predicted molar refractivity (Wildman–Crippen MR) is 57.9 cm³/mol. The van der Waals surface area contributed by atoms with Crippen LogP contribution in [0.15, 0.2) is 12.1 Å². The second-order valence-corrected chi connectivity index (χ2v) is 4.34. The summed E-state index contributed by atoms with van der Waals surface area (Å²) >= 11 is 6.10. The maximum atomic E-state index is 6.10. The molecule has 1 aromatic rings.